The van der Waals surface area contributed by atoms with Crippen LogP contribution in [0.15, 0.2) is 200 Å². The maximum atomic E-state index is 5.43. The number of rotatable bonds is 7. The topological polar surface area (TPSA) is 38.7 Å². The molecule has 5 heteroatoms. The van der Waals surface area contributed by atoms with E-state index in [2.05, 4.69) is 213 Å². The van der Waals surface area contributed by atoms with Gasteiger partial charge in [-0.05, 0) is 81.8 Å². The fraction of sp³-hybridized carbons (Fsp3) is 0.0862. The van der Waals surface area contributed by atoms with Crippen molar-refractivity contribution in [3.8, 4) is 45.0 Å². The quantitative estimate of drug-likeness (QED) is 0.160. The Labute approximate surface area is 375 Å². The van der Waals surface area contributed by atoms with Crippen LogP contribution < -0.4 is 0 Å². The van der Waals surface area contributed by atoms with Gasteiger partial charge >= 0.3 is 0 Å². The number of fused-ring (bicyclic) bond motifs is 6. The molecule has 0 N–H and O–H groups in total. The average Bonchev–Trinajstić information content (AvgIpc) is 3.91. The Hall–Kier alpha value is -7.05. The fourth-order valence-electron chi connectivity index (χ4n) is 9.59. The van der Waals surface area contributed by atoms with Crippen LogP contribution in [0.1, 0.15) is 46.2 Å². The second kappa shape index (κ2) is 15.4. The van der Waals surface area contributed by atoms with Gasteiger partial charge in [0.1, 0.15) is 5.82 Å². The molecule has 0 saturated heterocycles. The minimum Gasteiger partial charge on any atom is -0.212 e. The Bertz CT molecular complexity index is 3450. The molecule has 10 aromatic rings. The highest BCUT2D eigenvalue weighted by molar-refractivity contribution is 7.25. The normalized spacial score (nSPS) is 18.0. The van der Waals surface area contributed by atoms with Gasteiger partial charge in [0.2, 0.25) is 0 Å². The van der Waals surface area contributed by atoms with Gasteiger partial charge in [-0.25, -0.2) is 15.0 Å². The van der Waals surface area contributed by atoms with Gasteiger partial charge in [-0.3, -0.25) is 0 Å². The third-order valence-corrected chi connectivity index (χ3v) is 15.4. The van der Waals surface area contributed by atoms with Crippen molar-refractivity contribution in [1.29, 1.82) is 0 Å². The number of hydrogen-bond acceptors (Lipinski definition) is 5. The molecule has 12 rings (SSSR count). The minimum atomic E-state index is -0.419. The van der Waals surface area contributed by atoms with E-state index in [0.29, 0.717) is 17.6 Å². The zero-order chi connectivity index (χ0) is 41.9. The van der Waals surface area contributed by atoms with Gasteiger partial charge in [0, 0.05) is 57.6 Å². The first-order valence-corrected chi connectivity index (χ1v) is 23.3. The molecule has 3 unspecified atom stereocenters. The second-order valence-electron chi connectivity index (χ2n) is 16.9. The predicted octanol–water partition coefficient (Wildman–Crippen LogP) is 15.6. The van der Waals surface area contributed by atoms with Crippen LogP contribution in [0.4, 0.5) is 0 Å². The van der Waals surface area contributed by atoms with E-state index >= 15 is 0 Å². The lowest BCUT2D eigenvalue weighted by molar-refractivity contribution is 0.503. The van der Waals surface area contributed by atoms with Crippen LogP contribution in [0.5, 0.6) is 0 Å². The SMILES string of the molecule is CC1(c2cccc(-c3ccccc3)c2)C=CC=CC1c1nc(-c2ccc3c(c2)sc2ccc(-c4ccccc4)cc23)nc(-c2ccc3sc4c(c3c2)C=CC(c2ccccc2)C4)n1. The zero-order valence-corrected chi connectivity index (χ0v) is 36.3. The van der Waals surface area contributed by atoms with Crippen LogP contribution in [-0.2, 0) is 11.8 Å². The first-order chi connectivity index (χ1) is 31.0. The van der Waals surface area contributed by atoms with Crippen LogP contribution in [-0.4, -0.2) is 15.0 Å². The van der Waals surface area contributed by atoms with E-state index in [1.165, 1.54) is 74.1 Å². The van der Waals surface area contributed by atoms with Gasteiger partial charge in [-0.1, -0.05) is 177 Å². The number of nitrogens with zero attached hydrogens (tertiary/aromatic N) is 3. The summed E-state index contributed by atoms with van der Waals surface area (Å²) >= 11 is 3.73. The molecular formula is C58H41N3S2. The van der Waals surface area contributed by atoms with Gasteiger partial charge < -0.3 is 0 Å². The van der Waals surface area contributed by atoms with Crippen LogP contribution in [0.25, 0.3) is 81.4 Å². The molecule has 3 nitrogen and oxygen atoms in total. The van der Waals surface area contributed by atoms with Crippen molar-refractivity contribution in [2.24, 2.45) is 0 Å². The van der Waals surface area contributed by atoms with E-state index in [9.17, 15) is 0 Å². The molecule has 300 valence electrons. The first-order valence-electron chi connectivity index (χ1n) is 21.6. The number of hydrogen-bond donors (Lipinski definition) is 0. The molecule has 7 aromatic carbocycles. The van der Waals surface area contributed by atoms with E-state index in [0.717, 1.165) is 23.4 Å². The summed E-state index contributed by atoms with van der Waals surface area (Å²) in [6, 6.07) is 61.3. The average molecular weight is 844 g/mol. The molecule has 3 atom stereocenters. The van der Waals surface area contributed by atoms with Crippen molar-refractivity contribution in [2.45, 2.75) is 30.6 Å². The highest BCUT2D eigenvalue weighted by Crippen LogP contribution is 2.46. The van der Waals surface area contributed by atoms with Gasteiger partial charge in [0.05, 0.1) is 5.92 Å². The standard InChI is InChI=1S/C58H41N3S2/c1-58(45-21-13-20-40(32-45)37-14-5-2-6-15-37)31-12-11-22-50(58)57-60-55(43-26-30-52-49(34-43)46-27-23-42(35-53(46)62-52)39-18-9-4-10-19-39)59-56(61-57)44-24-28-47-48-33-41(38-16-7-3-8-17-38)25-29-51(48)63-54(47)36-44/h2-34,36,42,50H,35H2,1H3. The molecule has 2 aliphatic carbocycles. The molecule has 3 heterocycles. The van der Waals surface area contributed by atoms with Crippen LogP contribution in [0, 0.1) is 0 Å². The monoisotopic (exact) mass is 843 g/mol. The molecule has 63 heavy (non-hydrogen) atoms. The van der Waals surface area contributed by atoms with Gasteiger partial charge in [-0.15, -0.1) is 22.7 Å². The van der Waals surface area contributed by atoms with Crippen LogP contribution in [0.3, 0.4) is 0 Å². The molecule has 0 fully saturated rings. The van der Waals surface area contributed by atoms with Crippen LogP contribution >= 0.6 is 22.7 Å². The molecule has 3 aromatic heterocycles. The van der Waals surface area contributed by atoms with E-state index in [-0.39, 0.29) is 5.92 Å². The molecule has 0 amide bonds. The molecule has 0 radical (unpaired) electrons. The number of thiophene rings is 2. The molecule has 0 saturated carbocycles. The smallest absolute Gasteiger partial charge is 0.163 e. The molecule has 0 bridgehead atoms. The van der Waals surface area contributed by atoms with Gasteiger partial charge in [0.15, 0.2) is 11.6 Å². The van der Waals surface area contributed by atoms with E-state index in [1.54, 1.807) is 0 Å². The Balaban J connectivity index is 0.990. The Kier molecular flexibility index (Phi) is 9.21. The summed E-state index contributed by atoms with van der Waals surface area (Å²) in [5.74, 6) is 2.36. The lowest BCUT2D eigenvalue weighted by Gasteiger charge is -2.35. The molecule has 0 aliphatic heterocycles. The summed E-state index contributed by atoms with van der Waals surface area (Å²) in [5.41, 5.74) is 10.3. The van der Waals surface area contributed by atoms with Crippen LogP contribution in [0.2, 0.25) is 0 Å². The number of aromatic nitrogens is 3. The maximum Gasteiger partial charge on any atom is 0.163 e. The summed E-state index contributed by atoms with van der Waals surface area (Å²) in [6.45, 7) is 2.32. The fourth-order valence-corrected chi connectivity index (χ4v) is 12.0. The summed E-state index contributed by atoms with van der Waals surface area (Å²) in [5, 5.41) is 3.76. The first kappa shape index (κ1) is 37.7. The zero-order valence-electron chi connectivity index (χ0n) is 34.6. The number of allylic oxidation sites excluding steroid dienone is 5. The van der Waals surface area contributed by atoms with Crippen molar-refractivity contribution in [2.75, 3.05) is 0 Å². The van der Waals surface area contributed by atoms with E-state index in [1.807, 2.05) is 22.7 Å². The minimum absolute atomic E-state index is 0.144. The Morgan fingerprint density at radius 3 is 1.89 bits per heavy atom. The van der Waals surface area contributed by atoms with E-state index in [4.69, 9.17) is 15.0 Å². The third-order valence-electron chi connectivity index (χ3n) is 13.1. The highest BCUT2D eigenvalue weighted by Gasteiger charge is 2.37. The highest BCUT2D eigenvalue weighted by atomic mass is 32.1. The van der Waals surface area contributed by atoms with Crippen molar-refractivity contribution in [3.63, 3.8) is 0 Å². The predicted molar refractivity (Wildman–Crippen MR) is 267 cm³/mol. The summed E-state index contributed by atoms with van der Waals surface area (Å²) in [4.78, 5) is 17.6. The number of benzene rings is 7. The van der Waals surface area contributed by atoms with Gasteiger partial charge in [0.25, 0.3) is 0 Å². The largest absolute Gasteiger partial charge is 0.212 e. The molecular weight excluding hydrogens is 803 g/mol. The Morgan fingerprint density at radius 2 is 1.13 bits per heavy atom. The lowest BCUT2D eigenvalue weighted by Crippen LogP contribution is -2.30. The Morgan fingerprint density at radius 1 is 0.492 bits per heavy atom. The molecule has 2 aliphatic rings. The third kappa shape index (κ3) is 6.76. The van der Waals surface area contributed by atoms with Crippen molar-refractivity contribution in [3.05, 3.63) is 228 Å². The lowest BCUT2D eigenvalue weighted by atomic mass is 9.69. The van der Waals surface area contributed by atoms with Crippen molar-refractivity contribution in [1.82, 2.24) is 15.0 Å². The molecule has 0 spiro atoms. The van der Waals surface area contributed by atoms with E-state index < -0.39 is 5.41 Å². The van der Waals surface area contributed by atoms with Crippen molar-refractivity contribution >= 4 is 59.0 Å². The second-order valence-corrected chi connectivity index (χ2v) is 19.1. The van der Waals surface area contributed by atoms with Gasteiger partial charge in [-0.2, -0.15) is 0 Å². The van der Waals surface area contributed by atoms with Crippen molar-refractivity contribution < 1.29 is 0 Å². The summed E-state index contributed by atoms with van der Waals surface area (Å²) < 4.78 is 3.77. The summed E-state index contributed by atoms with van der Waals surface area (Å²) in [7, 11) is 0. The summed E-state index contributed by atoms with van der Waals surface area (Å²) in [6.07, 6.45) is 14.6. The maximum absolute atomic E-state index is 5.43.